The van der Waals surface area contributed by atoms with E-state index in [-0.39, 0.29) is 5.91 Å². The van der Waals surface area contributed by atoms with E-state index >= 15 is 0 Å². The molecule has 116 valence electrons. The molecule has 0 aliphatic heterocycles. The molecular formula is C18H22N2O2. The molecule has 0 unspecified atom stereocenters. The van der Waals surface area contributed by atoms with Gasteiger partial charge in [-0.15, -0.1) is 0 Å². The highest BCUT2D eigenvalue weighted by Gasteiger charge is 2.07. The third kappa shape index (κ3) is 4.09. The minimum absolute atomic E-state index is 0.0717. The highest BCUT2D eigenvalue weighted by molar-refractivity contribution is 5.94. The van der Waals surface area contributed by atoms with E-state index in [2.05, 4.69) is 5.32 Å². The molecule has 2 aromatic carbocycles. The molecule has 0 aliphatic carbocycles. The van der Waals surface area contributed by atoms with Crippen molar-refractivity contribution < 1.29 is 9.53 Å². The van der Waals surface area contributed by atoms with Crippen molar-refractivity contribution in [2.75, 3.05) is 26.1 Å². The SMILES string of the molecule is COCc1ccccc1CNC(=O)c1ccc(N(C)C)cc1. The Labute approximate surface area is 131 Å². The number of anilines is 1. The van der Waals surface area contributed by atoms with Crippen molar-refractivity contribution in [3.8, 4) is 0 Å². The molecule has 0 saturated heterocycles. The van der Waals surface area contributed by atoms with Crippen molar-refractivity contribution in [2.24, 2.45) is 0 Å². The molecule has 0 atom stereocenters. The van der Waals surface area contributed by atoms with Crippen LogP contribution >= 0.6 is 0 Å². The minimum Gasteiger partial charge on any atom is -0.380 e. The van der Waals surface area contributed by atoms with Crippen molar-refractivity contribution in [2.45, 2.75) is 13.2 Å². The summed E-state index contributed by atoms with van der Waals surface area (Å²) in [6, 6.07) is 15.5. The predicted octanol–water partition coefficient (Wildman–Crippen LogP) is 2.83. The molecule has 4 heteroatoms. The molecule has 22 heavy (non-hydrogen) atoms. The van der Waals surface area contributed by atoms with Gasteiger partial charge in [0.25, 0.3) is 5.91 Å². The number of benzene rings is 2. The molecule has 1 amide bonds. The fourth-order valence-corrected chi connectivity index (χ4v) is 2.21. The normalized spacial score (nSPS) is 10.3. The number of hydrogen-bond donors (Lipinski definition) is 1. The van der Waals surface area contributed by atoms with Crippen molar-refractivity contribution >= 4 is 11.6 Å². The largest absolute Gasteiger partial charge is 0.380 e. The van der Waals surface area contributed by atoms with Gasteiger partial charge >= 0.3 is 0 Å². The van der Waals surface area contributed by atoms with Gasteiger partial charge in [-0.3, -0.25) is 4.79 Å². The number of nitrogens with one attached hydrogen (secondary N) is 1. The monoisotopic (exact) mass is 298 g/mol. The molecule has 2 aromatic rings. The topological polar surface area (TPSA) is 41.6 Å². The van der Waals surface area contributed by atoms with Crippen LogP contribution < -0.4 is 10.2 Å². The van der Waals surface area contributed by atoms with Gasteiger partial charge in [-0.1, -0.05) is 24.3 Å². The Kier molecular flexibility index (Phi) is 5.55. The molecule has 0 spiro atoms. The van der Waals surface area contributed by atoms with Crippen LogP contribution in [0.2, 0.25) is 0 Å². The summed E-state index contributed by atoms with van der Waals surface area (Å²) in [5, 5.41) is 2.95. The van der Waals surface area contributed by atoms with E-state index in [0.29, 0.717) is 18.7 Å². The second-order valence-corrected chi connectivity index (χ2v) is 5.33. The highest BCUT2D eigenvalue weighted by atomic mass is 16.5. The number of carbonyl (C=O) groups is 1. The van der Waals surface area contributed by atoms with E-state index in [1.807, 2.05) is 67.5 Å². The maximum Gasteiger partial charge on any atom is 0.251 e. The number of nitrogens with zero attached hydrogens (tertiary/aromatic N) is 1. The zero-order chi connectivity index (χ0) is 15.9. The van der Waals surface area contributed by atoms with Gasteiger partial charge in [0.1, 0.15) is 0 Å². The van der Waals surface area contributed by atoms with Crippen molar-refractivity contribution in [3.05, 3.63) is 65.2 Å². The second kappa shape index (κ2) is 7.61. The van der Waals surface area contributed by atoms with E-state index in [4.69, 9.17) is 4.74 Å². The molecule has 0 radical (unpaired) electrons. The lowest BCUT2D eigenvalue weighted by Gasteiger charge is -2.13. The molecular weight excluding hydrogens is 276 g/mol. The lowest BCUT2D eigenvalue weighted by molar-refractivity contribution is 0.0950. The average Bonchev–Trinajstić information content (AvgIpc) is 2.54. The maximum atomic E-state index is 12.2. The quantitative estimate of drug-likeness (QED) is 0.891. The number of amides is 1. The van der Waals surface area contributed by atoms with E-state index < -0.39 is 0 Å². The Morgan fingerprint density at radius 3 is 2.27 bits per heavy atom. The minimum atomic E-state index is -0.0717. The van der Waals surface area contributed by atoms with Crippen LogP contribution in [0.25, 0.3) is 0 Å². The van der Waals surface area contributed by atoms with Crippen molar-refractivity contribution in [3.63, 3.8) is 0 Å². The first-order chi connectivity index (χ1) is 10.6. The highest BCUT2D eigenvalue weighted by Crippen LogP contribution is 2.13. The summed E-state index contributed by atoms with van der Waals surface area (Å²) in [4.78, 5) is 14.2. The molecule has 0 aliphatic rings. The Morgan fingerprint density at radius 1 is 1.05 bits per heavy atom. The zero-order valence-electron chi connectivity index (χ0n) is 13.3. The number of hydrogen-bond acceptors (Lipinski definition) is 3. The van der Waals surface area contributed by atoms with Crippen LogP contribution in [-0.4, -0.2) is 27.1 Å². The van der Waals surface area contributed by atoms with Crippen molar-refractivity contribution in [1.29, 1.82) is 0 Å². The number of methoxy groups -OCH3 is 1. The molecule has 1 N–H and O–H groups in total. The van der Waals surface area contributed by atoms with Gasteiger partial charge in [-0.05, 0) is 35.4 Å². The first-order valence-corrected chi connectivity index (χ1v) is 7.23. The van der Waals surface area contributed by atoms with Crippen LogP contribution in [0.15, 0.2) is 48.5 Å². The van der Waals surface area contributed by atoms with Crippen LogP contribution in [0.3, 0.4) is 0 Å². The lowest BCUT2D eigenvalue weighted by Crippen LogP contribution is -2.23. The molecule has 4 nitrogen and oxygen atoms in total. The van der Waals surface area contributed by atoms with Gasteiger partial charge in [0.05, 0.1) is 6.61 Å². The Bertz CT molecular complexity index is 621. The standard InChI is InChI=1S/C18H22N2O2/c1-20(2)17-10-8-14(9-11-17)18(21)19-12-15-6-4-5-7-16(15)13-22-3/h4-11H,12-13H2,1-3H3,(H,19,21). The Morgan fingerprint density at radius 2 is 1.68 bits per heavy atom. The smallest absolute Gasteiger partial charge is 0.251 e. The molecule has 0 aromatic heterocycles. The first kappa shape index (κ1) is 16.0. The first-order valence-electron chi connectivity index (χ1n) is 7.23. The number of ether oxygens (including phenoxy) is 1. The van der Waals surface area contributed by atoms with E-state index in [0.717, 1.165) is 16.8 Å². The fraction of sp³-hybridized carbons (Fsp3) is 0.278. The van der Waals surface area contributed by atoms with E-state index in [1.54, 1.807) is 7.11 Å². The molecule has 0 fully saturated rings. The summed E-state index contributed by atoms with van der Waals surface area (Å²) in [6.45, 7) is 1.04. The van der Waals surface area contributed by atoms with E-state index in [9.17, 15) is 4.79 Å². The molecule has 0 bridgehead atoms. The van der Waals surface area contributed by atoms with Gasteiger partial charge < -0.3 is 15.0 Å². The van der Waals surface area contributed by atoms with Crippen LogP contribution in [0, 0.1) is 0 Å². The number of carbonyl (C=O) groups excluding carboxylic acids is 1. The van der Waals surface area contributed by atoms with Gasteiger partial charge in [-0.25, -0.2) is 0 Å². The number of rotatable bonds is 6. The summed E-state index contributed by atoms with van der Waals surface area (Å²) >= 11 is 0. The van der Waals surface area contributed by atoms with Crippen LogP contribution in [0.4, 0.5) is 5.69 Å². The molecule has 0 saturated carbocycles. The Hall–Kier alpha value is -2.33. The molecule has 0 heterocycles. The van der Waals surface area contributed by atoms with Crippen molar-refractivity contribution in [1.82, 2.24) is 5.32 Å². The summed E-state index contributed by atoms with van der Waals surface area (Å²) < 4.78 is 5.18. The zero-order valence-corrected chi connectivity index (χ0v) is 13.3. The maximum absolute atomic E-state index is 12.2. The van der Waals surface area contributed by atoms with Crippen LogP contribution in [0.5, 0.6) is 0 Å². The summed E-state index contributed by atoms with van der Waals surface area (Å²) in [5.41, 5.74) is 3.90. The van der Waals surface area contributed by atoms with Gasteiger partial charge in [0.15, 0.2) is 0 Å². The average molecular weight is 298 g/mol. The lowest BCUT2D eigenvalue weighted by atomic mass is 10.1. The predicted molar refractivity (Wildman–Crippen MR) is 89.1 cm³/mol. The third-order valence-electron chi connectivity index (χ3n) is 3.50. The van der Waals surface area contributed by atoms with Gasteiger partial charge in [-0.2, -0.15) is 0 Å². The van der Waals surface area contributed by atoms with Crippen LogP contribution in [-0.2, 0) is 17.9 Å². The summed E-state index contributed by atoms with van der Waals surface area (Å²) in [6.07, 6.45) is 0. The van der Waals surface area contributed by atoms with E-state index in [1.165, 1.54) is 0 Å². The molecule has 2 rings (SSSR count). The summed E-state index contributed by atoms with van der Waals surface area (Å²) in [7, 11) is 5.62. The van der Waals surface area contributed by atoms with Crippen LogP contribution in [0.1, 0.15) is 21.5 Å². The Balaban J connectivity index is 2.01. The third-order valence-corrected chi connectivity index (χ3v) is 3.50. The van der Waals surface area contributed by atoms with Gasteiger partial charge in [0, 0.05) is 39.0 Å². The second-order valence-electron chi connectivity index (χ2n) is 5.33. The summed E-state index contributed by atoms with van der Waals surface area (Å²) in [5.74, 6) is -0.0717. The van der Waals surface area contributed by atoms with Gasteiger partial charge in [0.2, 0.25) is 0 Å². The fourth-order valence-electron chi connectivity index (χ4n) is 2.21.